The molecule has 0 atom stereocenters. The van der Waals surface area contributed by atoms with E-state index in [-0.39, 0.29) is 6.09 Å². The fourth-order valence-electron chi connectivity index (χ4n) is 1.66. The van der Waals surface area contributed by atoms with Crippen molar-refractivity contribution in [1.29, 1.82) is 0 Å². The lowest BCUT2D eigenvalue weighted by molar-refractivity contribution is 0.0528. The Kier molecular flexibility index (Phi) is 5.83. The predicted octanol–water partition coefficient (Wildman–Crippen LogP) is 2.25. The van der Waals surface area contributed by atoms with Crippen molar-refractivity contribution in [3.05, 3.63) is 35.4 Å². The number of rotatable bonds is 5. The predicted molar refractivity (Wildman–Crippen MR) is 77.1 cm³/mol. The molecule has 1 aromatic carbocycles. The molecule has 0 aliphatic carbocycles. The molecular formula is C15H24N2O2. The van der Waals surface area contributed by atoms with Crippen molar-refractivity contribution < 1.29 is 9.53 Å². The molecule has 0 spiro atoms. The summed E-state index contributed by atoms with van der Waals surface area (Å²) in [4.78, 5) is 11.4. The summed E-state index contributed by atoms with van der Waals surface area (Å²) >= 11 is 0. The van der Waals surface area contributed by atoms with E-state index < -0.39 is 5.60 Å². The van der Waals surface area contributed by atoms with Gasteiger partial charge in [0.1, 0.15) is 5.60 Å². The van der Waals surface area contributed by atoms with E-state index in [1.807, 2.05) is 20.8 Å². The van der Waals surface area contributed by atoms with Gasteiger partial charge in [0.25, 0.3) is 0 Å². The minimum absolute atomic E-state index is 0.368. The number of amides is 1. The monoisotopic (exact) mass is 264 g/mol. The molecule has 3 N–H and O–H groups in total. The van der Waals surface area contributed by atoms with Crippen LogP contribution in [-0.2, 0) is 17.6 Å². The maximum Gasteiger partial charge on any atom is 0.407 e. The van der Waals surface area contributed by atoms with Gasteiger partial charge in [0, 0.05) is 6.54 Å². The van der Waals surface area contributed by atoms with Crippen LogP contribution in [0, 0.1) is 0 Å². The van der Waals surface area contributed by atoms with Crippen LogP contribution in [-0.4, -0.2) is 24.8 Å². The highest BCUT2D eigenvalue weighted by molar-refractivity contribution is 5.67. The molecule has 0 aromatic heterocycles. The molecule has 106 valence electrons. The van der Waals surface area contributed by atoms with Crippen LogP contribution in [0.3, 0.4) is 0 Å². The summed E-state index contributed by atoms with van der Waals surface area (Å²) < 4.78 is 5.16. The summed E-state index contributed by atoms with van der Waals surface area (Å²) in [6.45, 7) is 6.79. The summed E-state index contributed by atoms with van der Waals surface area (Å²) in [6.07, 6.45) is 1.32. The van der Waals surface area contributed by atoms with E-state index in [4.69, 9.17) is 10.5 Å². The molecule has 0 saturated carbocycles. The lowest BCUT2D eigenvalue weighted by atomic mass is 10.1. The largest absolute Gasteiger partial charge is 0.444 e. The normalized spacial score (nSPS) is 11.2. The van der Waals surface area contributed by atoms with Crippen molar-refractivity contribution in [3.8, 4) is 0 Å². The number of hydrogen-bond acceptors (Lipinski definition) is 3. The Bertz CT molecular complexity index is 394. The minimum Gasteiger partial charge on any atom is -0.444 e. The Morgan fingerprint density at radius 2 is 1.68 bits per heavy atom. The Morgan fingerprint density at radius 3 is 2.16 bits per heavy atom. The van der Waals surface area contributed by atoms with Crippen LogP contribution < -0.4 is 11.1 Å². The highest BCUT2D eigenvalue weighted by Crippen LogP contribution is 2.07. The van der Waals surface area contributed by atoms with Crippen molar-refractivity contribution in [2.75, 3.05) is 13.1 Å². The second kappa shape index (κ2) is 7.14. The molecule has 1 amide bonds. The zero-order valence-corrected chi connectivity index (χ0v) is 12.0. The van der Waals surface area contributed by atoms with Gasteiger partial charge >= 0.3 is 6.09 Å². The number of alkyl carbamates (subject to hydrolysis) is 1. The molecule has 0 aliphatic rings. The first-order chi connectivity index (χ1) is 8.90. The molecular weight excluding hydrogens is 240 g/mol. The fraction of sp³-hybridized carbons (Fsp3) is 0.533. The molecule has 4 nitrogen and oxygen atoms in total. The van der Waals surface area contributed by atoms with Gasteiger partial charge in [-0.3, -0.25) is 0 Å². The summed E-state index contributed by atoms with van der Waals surface area (Å²) in [6, 6.07) is 8.30. The van der Waals surface area contributed by atoms with Crippen LogP contribution in [0.5, 0.6) is 0 Å². The number of carbonyl (C=O) groups excluding carboxylic acids is 1. The van der Waals surface area contributed by atoms with Crippen LogP contribution in [0.4, 0.5) is 4.79 Å². The van der Waals surface area contributed by atoms with Gasteiger partial charge in [-0.2, -0.15) is 0 Å². The van der Waals surface area contributed by atoms with Gasteiger partial charge in [0.05, 0.1) is 0 Å². The number of carbonyl (C=O) groups is 1. The molecule has 0 aliphatic heterocycles. The first-order valence-electron chi connectivity index (χ1n) is 6.65. The number of hydrogen-bond donors (Lipinski definition) is 2. The third-order valence-corrected chi connectivity index (χ3v) is 2.54. The number of ether oxygens (including phenoxy) is 1. The number of nitrogens with two attached hydrogens (primary N) is 1. The van der Waals surface area contributed by atoms with Gasteiger partial charge in [-0.15, -0.1) is 0 Å². The standard InChI is InChI=1S/C15H24N2O2/c1-15(2,3)19-14(18)17-11-9-13-6-4-12(5-7-13)8-10-16/h4-7H,8-11,16H2,1-3H3,(H,17,18). The number of benzene rings is 1. The van der Waals surface area contributed by atoms with Crippen LogP contribution in [0.25, 0.3) is 0 Å². The van der Waals surface area contributed by atoms with Crippen LogP contribution >= 0.6 is 0 Å². The Labute approximate surface area is 115 Å². The average Bonchev–Trinajstić information content (AvgIpc) is 2.29. The summed E-state index contributed by atoms with van der Waals surface area (Å²) in [5, 5.41) is 2.75. The first-order valence-corrected chi connectivity index (χ1v) is 6.65. The molecule has 1 rings (SSSR count). The van der Waals surface area contributed by atoms with Gasteiger partial charge in [0.15, 0.2) is 0 Å². The van der Waals surface area contributed by atoms with Crippen molar-refractivity contribution in [1.82, 2.24) is 5.32 Å². The molecule has 0 unspecified atom stereocenters. The topological polar surface area (TPSA) is 64.3 Å². The molecule has 0 saturated heterocycles. The van der Waals surface area contributed by atoms with Gasteiger partial charge in [-0.1, -0.05) is 24.3 Å². The molecule has 19 heavy (non-hydrogen) atoms. The Balaban J connectivity index is 2.31. The molecule has 1 aromatic rings. The van der Waals surface area contributed by atoms with Gasteiger partial charge in [0.2, 0.25) is 0 Å². The van der Waals surface area contributed by atoms with Crippen molar-refractivity contribution in [2.24, 2.45) is 5.73 Å². The lowest BCUT2D eigenvalue weighted by Crippen LogP contribution is -2.33. The van der Waals surface area contributed by atoms with E-state index in [1.165, 1.54) is 11.1 Å². The van der Waals surface area contributed by atoms with Crippen LogP contribution in [0.1, 0.15) is 31.9 Å². The molecule has 0 fully saturated rings. The fourth-order valence-corrected chi connectivity index (χ4v) is 1.66. The van der Waals surface area contributed by atoms with E-state index in [0.717, 1.165) is 12.8 Å². The Morgan fingerprint density at radius 1 is 1.16 bits per heavy atom. The third-order valence-electron chi connectivity index (χ3n) is 2.54. The van der Waals surface area contributed by atoms with Crippen LogP contribution in [0.15, 0.2) is 24.3 Å². The highest BCUT2D eigenvalue weighted by atomic mass is 16.6. The second-order valence-corrected chi connectivity index (χ2v) is 5.53. The zero-order valence-electron chi connectivity index (χ0n) is 12.0. The summed E-state index contributed by atoms with van der Waals surface area (Å²) in [5.41, 5.74) is 7.48. The van der Waals surface area contributed by atoms with Crippen LogP contribution in [0.2, 0.25) is 0 Å². The highest BCUT2D eigenvalue weighted by Gasteiger charge is 2.15. The van der Waals surface area contributed by atoms with Gasteiger partial charge < -0.3 is 15.8 Å². The van der Waals surface area contributed by atoms with Crippen molar-refractivity contribution >= 4 is 6.09 Å². The average molecular weight is 264 g/mol. The third kappa shape index (κ3) is 6.82. The quantitative estimate of drug-likeness (QED) is 0.857. The van der Waals surface area contributed by atoms with E-state index >= 15 is 0 Å². The van der Waals surface area contributed by atoms with Gasteiger partial charge in [-0.25, -0.2) is 4.79 Å². The maximum absolute atomic E-state index is 11.4. The lowest BCUT2D eigenvalue weighted by Gasteiger charge is -2.19. The smallest absolute Gasteiger partial charge is 0.407 e. The van der Waals surface area contributed by atoms with Gasteiger partial charge in [-0.05, 0) is 51.3 Å². The van der Waals surface area contributed by atoms with E-state index in [9.17, 15) is 4.79 Å². The summed E-state index contributed by atoms with van der Waals surface area (Å²) in [7, 11) is 0. The molecule has 0 radical (unpaired) electrons. The van der Waals surface area contributed by atoms with Crippen molar-refractivity contribution in [2.45, 2.75) is 39.2 Å². The van der Waals surface area contributed by atoms with E-state index in [1.54, 1.807) is 0 Å². The zero-order chi connectivity index (χ0) is 14.3. The molecule has 0 heterocycles. The SMILES string of the molecule is CC(C)(C)OC(=O)NCCc1ccc(CCN)cc1. The summed E-state index contributed by atoms with van der Waals surface area (Å²) in [5.74, 6) is 0. The maximum atomic E-state index is 11.4. The number of nitrogens with one attached hydrogen (secondary N) is 1. The first kappa shape index (κ1) is 15.5. The second-order valence-electron chi connectivity index (χ2n) is 5.53. The van der Waals surface area contributed by atoms with Crippen molar-refractivity contribution in [3.63, 3.8) is 0 Å². The van der Waals surface area contributed by atoms with E-state index in [0.29, 0.717) is 13.1 Å². The Hall–Kier alpha value is -1.55. The minimum atomic E-state index is -0.450. The molecule has 4 heteroatoms. The van der Waals surface area contributed by atoms with E-state index in [2.05, 4.69) is 29.6 Å². The molecule has 0 bridgehead atoms.